The highest BCUT2D eigenvalue weighted by Crippen LogP contribution is 2.38. The number of benzene rings is 2. The summed E-state index contributed by atoms with van der Waals surface area (Å²) >= 11 is 13.6. The highest BCUT2D eigenvalue weighted by molar-refractivity contribution is 9.11. The molecule has 1 fully saturated rings. The summed E-state index contributed by atoms with van der Waals surface area (Å²) in [4.78, 5) is 51.3. The fourth-order valence-corrected chi connectivity index (χ4v) is 5.61. The molecule has 0 spiro atoms. The van der Waals surface area contributed by atoms with E-state index in [1.54, 1.807) is 12.1 Å². The Morgan fingerprint density at radius 3 is 2.64 bits per heavy atom. The topological polar surface area (TPSA) is 102 Å². The molecule has 2 aromatic rings. The summed E-state index contributed by atoms with van der Waals surface area (Å²) in [5.74, 6) is -1.33. The van der Waals surface area contributed by atoms with Crippen LogP contribution in [0.1, 0.15) is 35.7 Å². The van der Waals surface area contributed by atoms with Crippen LogP contribution in [-0.2, 0) is 14.3 Å². The van der Waals surface area contributed by atoms with Gasteiger partial charge in [-0.2, -0.15) is 0 Å². The monoisotopic (exact) mass is 658 g/mol. The van der Waals surface area contributed by atoms with Crippen LogP contribution in [0.25, 0.3) is 6.08 Å². The Morgan fingerprint density at radius 1 is 1.19 bits per heavy atom. The lowest BCUT2D eigenvalue weighted by Gasteiger charge is -2.13. The lowest BCUT2D eigenvalue weighted by Crippen LogP contribution is -2.36. The number of unbranched alkanes of at least 4 members (excludes halogenated alkanes) is 1. The van der Waals surface area contributed by atoms with Gasteiger partial charge >= 0.3 is 5.97 Å². The number of nitrogens with one attached hydrogen (secondary N) is 1. The maximum Gasteiger partial charge on any atom is 0.339 e. The average Bonchev–Trinajstić information content (AvgIpc) is 3.07. The molecule has 1 aliphatic heterocycles. The largest absolute Gasteiger partial charge is 0.495 e. The van der Waals surface area contributed by atoms with E-state index < -0.39 is 29.6 Å². The van der Waals surface area contributed by atoms with Crippen LogP contribution in [0.4, 0.5) is 10.5 Å². The third-order valence-corrected chi connectivity index (χ3v) is 7.19. The minimum absolute atomic E-state index is 0.105. The van der Waals surface area contributed by atoms with Gasteiger partial charge in [-0.05, 0) is 70.5 Å². The maximum atomic E-state index is 12.9. The number of halogens is 3. The molecule has 190 valence electrons. The van der Waals surface area contributed by atoms with Gasteiger partial charge in [-0.1, -0.05) is 40.9 Å². The van der Waals surface area contributed by atoms with Gasteiger partial charge in [0.25, 0.3) is 11.1 Å². The summed E-state index contributed by atoms with van der Waals surface area (Å²) in [6.07, 6.45) is 3.12. The minimum atomic E-state index is -0.617. The van der Waals surface area contributed by atoms with Crippen LogP contribution in [-0.4, -0.2) is 48.2 Å². The third-order valence-electron chi connectivity index (χ3n) is 4.90. The van der Waals surface area contributed by atoms with Crippen LogP contribution in [0.5, 0.6) is 5.75 Å². The van der Waals surface area contributed by atoms with Crippen LogP contribution >= 0.6 is 55.2 Å². The number of nitrogens with zero attached hydrogens (tertiary/aromatic N) is 1. The van der Waals surface area contributed by atoms with Gasteiger partial charge in [-0.25, -0.2) is 4.79 Å². The summed E-state index contributed by atoms with van der Waals surface area (Å²) < 4.78 is 12.0. The van der Waals surface area contributed by atoms with Gasteiger partial charge < -0.3 is 14.8 Å². The lowest BCUT2D eigenvalue weighted by atomic mass is 10.2. The number of hydrogen-bond donors (Lipinski definition) is 1. The number of thioether (sulfide) groups is 1. The second-order valence-electron chi connectivity index (χ2n) is 7.51. The highest BCUT2D eigenvalue weighted by Gasteiger charge is 2.36. The molecule has 1 heterocycles. The predicted octanol–water partition coefficient (Wildman–Crippen LogP) is 6.51. The Morgan fingerprint density at radius 2 is 1.94 bits per heavy atom. The predicted molar refractivity (Wildman–Crippen MR) is 146 cm³/mol. The number of amides is 3. The number of ether oxygens (including phenoxy) is 2. The zero-order valence-corrected chi connectivity index (χ0v) is 24.0. The first-order valence-corrected chi connectivity index (χ1v) is 13.5. The van der Waals surface area contributed by atoms with Crippen molar-refractivity contribution < 1.29 is 28.7 Å². The van der Waals surface area contributed by atoms with Gasteiger partial charge in [-0.3, -0.25) is 19.3 Å². The molecule has 0 aliphatic carbocycles. The van der Waals surface area contributed by atoms with E-state index in [-0.39, 0.29) is 27.8 Å². The first-order valence-electron chi connectivity index (χ1n) is 10.7. The van der Waals surface area contributed by atoms with E-state index in [4.69, 9.17) is 21.1 Å². The summed E-state index contributed by atoms with van der Waals surface area (Å²) in [5.41, 5.74) is 0.958. The molecule has 1 N–H and O–H groups in total. The van der Waals surface area contributed by atoms with Crippen molar-refractivity contribution >= 4 is 90.0 Å². The smallest absolute Gasteiger partial charge is 0.339 e. The van der Waals surface area contributed by atoms with Crippen molar-refractivity contribution in [2.45, 2.75) is 19.8 Å². The molecule has 3 rings (SSSR count). The Bertz CT molecular complexity index is 1250. The van der Waals surface area contributed by atoms with Crippen LogP contribution in [0.2, 0.25) is 5.02 Å². The van der Waals surface area contributed by atoms with Crippen LogP contribution in [0.3, 0.4) is 0 Å². The summed E-state index contributed by atoms with van der Waals surface area (Å²) in [7, 11) is 1.49. The molecule has 0 bridgehead atoms. The molecular formula is C24H21Br2ClN2O6S. The van der Waals surface area contributed by atoms with E-state index in [0.717, 1.165) is 34.0 Å². The molecule has 12 heteroatoms. The molecule has 0 saturated carbocycles. The van der Waals surface area contributed by atoms with Gasteiger partial charge in [0.2, 0.25) is 5.91 Å². The number of carbonyl (C=O) groups is 4. The van der Waals surface area contributed by atoms with Crippen molar-refractivity contribution in [3.8, 4) is 5.75 Å². The first kappa shape index (κ1) is 28.2. The molecule has 0 unspecified atom stereocenters. The standard InChI is InChI=1S/C24H21Br2ClN2O6S/c1-3-4-7-35-23(32)16-11-15(5-6-18(16)27)28-20(30)12-29-22(31)19(36-24(29)33)9-13-8-14(25)10-17(26)21(13)34-2/h5-6,8-11H,3-4,7,12H2,1-2H3,(H,28,30)/b19-9+. The molecule has 3 amide bonds. The second-order valence-corrected chi connectivity index (χ2v) is 10.7. The fourth-order valence-electron chi connectivity index (χ4n) is 3.17. The fraction of sp³-hybridized carbons (Fsp3) is 0.250. The van der Waals surface area contributed by atoms with Crippen molar-refractivity contribution in [3.05, 3.63) is 60.3 Å². The zero-order valence-electron chi connectivity index (χ0n) is 19.2. The highest BCUT2D eigenvalue weighted by atomic mass is 79.9. The normalized spacial score (nSPS) is 14.4. The molecule has 1 saturated heterocycles. The van der Waals surface area contributed by atoms with Crippen molar-refractivity contribution in [2.75, 3.05) is 25.6 Å². The van der Waals surface area contributed by atoms with E-state index in [9.17, 15) is 19.2 Å². The molecule has 0 atom stereocenters. The van der Waals surface area contributed by atoms with Gasteiger partial charge in [0, 0.05) is 15.7 Å². The number of imide groups is 1. The number of hydrogen-bond acceptors (Lipinski definition) is 7. The number of carbonyl (C=O) groups excluding carboxylic acids is 4. The summed E-state index contributed by atoms with van der Waals surface area (Å²) in [6, 6.07) is 7.89. The quantitative estimate of drug-likeness (QED) is 0.186. The molecule has 0 aromatic heterocycles. The number of methoxy groups -OCH3 is 1. The first-order chi connectivity index (χ1) is 17.1. The summed E-state index contributed by atoms with van der Waals surface area (Å²) in [5, 5.41) is 2.19. The Hall–Kier alpha value is -2.34. The van der Waals surface area contributed by atoms with E-state index in [0.29, 0.717) is 15.8 Å². The molecule has 2 aromatic carbocycles. The Balaban J connectivity index is 1.71. The zero-order chi connectivity index (χ0) is 26.4. The maximum absolute atomic E-state index is 12.9. The molecule has 1 aliphatic rings. The van der Waals surface area contributed by atoms with E-state index in [1.165, 1.54) is 31.4 Å². The van der Waals surface area contributed by atoms with Gasteiger partial charge in [-0.15, -0.1) is 0 Å². The number of rotatable bonds is 9. The lowest BCUT2D eigenvalue weighted by molar-refractivity contribution is -0.127. The van der Waals surface area contributed by atoms with Gasteiger partial charge in [0.05, 0.1) is 33.7 Å². The van der Waals surface area contributed by atoms with Crippen LogP contribution in [0.15, 0.2) is 44.2 Å². The van der Waals surface area contributed by atoms with Gasteiger partial charge in [0.15, 0.2) is 0 Å². The average molecular weight is 661 g/mol. The van der Waals surface area contributed by atoms with Crippen molar-refractivity contribution in [3.63, 3.8) is 0 Å². The van der Waals surface area contributed by atoms with Gasteiger partial charge in [0.1, 0.15) is 12.3 Å². The van der Waals surface area contributed by atoms with Crippen molar-refractivity contribution in [1.29, 1.82) is 0 Å². The van der Waals surface area contributed by atoms with E-state index >= 15 is 0 Å². The number of esters is 1. The minimum Gasteiger partial charge on any atom is -0.495 e. The van der Waals surface area contributed by atoms with Crippen LogP contribution < -0.4 is 10.1 Å². The molecule has 8 nitrogen and oxygen atoms in total. The van der Waals surface area contributed by atoms with E-state index in [1.807, 2.05) is 6.92 Å². The summed E-state index contributed by atoms with van der Waals surface area (Å²) in [6.45, 7) is 1.73. The molecular weight excluding hydrogens is 640 g/mol. The second kappa shape index (κ2) is 12.8. The SMILES string of the molecule is CCCCOC(=O)c1cc(NC(=O)CN2C(=O)S/C(=C/c3cc(Br)cc(Br)c3OC)C2=O)ccc1Cl. The third kappa shape index (κ3) is 6.90. The number of anilines is 1. The van der Waals surface area contributed by atoms with E-state index in [2.05, 4.69) is 37.2 Å². The molecule has 36 heavy (non-hydrogen) atoms. The Kier molecular flexibility index (Phi) is 10.0. The van der Waals surface area contributed by atoms with Crippen molar-refractivity contribution in [1.82, 2.24) is 4.90 Å². The van der Waals surface area contributed by atoms with Crippen LogP contribution in [0, 0.1) is 0 Å². The van der Waals surface area contributed by atoms with Crippen molar-refractivity contribution in [2.24, 2.45) is 0 Å². The Labute approximate surface area is 234 Å². The molecule has 0 radical (unpaired) electrons.